The summed E-state index contributed by atoms with van der Waals surface area (Å²) in [7, 11) is 0. The monoisotopic (exact) mass is 572 g/mol. The molecule has 1 aliphatic heterocycles. The molecular formula is C34H40N2O6. The molecule has 8 heteroatoms. The van der Waals surface area contributed by atoms with E-state index >= 15 is 0 Å². The number of benzene rings is 3. The van der Waals surface area contributed by atoms with Crippen LogP contribution in [0.25, 0.3) is 5.76 Å². The van der Waals surface area contributed by atoms with Crippen LogP contribution >= 0.6 is 0 Å². The highest BCUT2D eigenvalue weighted by molar-refractivity contribution is 6.46. The van der Waals surface area contributed by atoms with Crippen molar-refractivity contribution in [2.45, 2.75) is 46.8 Å². The molecule has 0 aromatic heterocycles. The number of phenolic OH excluding ortho intramolecular Hbond substituents is 1. The molecule has 3 aromatic rings. The topological polar surface area (TPSA) is 99.5 Å². The third kappa shape index (κ3) is 6.94. The van der Waals surface area contributed by atoms with Crippen molar-refractivity contribution in [3.63, 3.8) is 0 Å². The van der Waals surface area contributed by atoms with Gasteiger partial charge in [0.2, 0.25) is 0 Å². The number of ketones is 1. The van der Waals surface area contributed by atoms with Crippen molar-refractivity contribution in [2.24, 2.45) is 0 Å². The lowest BCUT2D eigenvalue weighted by Crippen LogP contribution is -2.33. The Morgan fingerprint density at radius 1 is 0.929 bits per heavy atom. The van der Waals surface area contributed by atoms with Crippen LogP contribution in [0.4, 0.5) is 0 Å². The molecule has 8 nitrogen and oxygen atoms in total. The van der Waals surface area contributed by atoms with Crippen LogP contribution in [0, 0.1) is 6.92 Å². The van der Waals surface area contributed by atoms with Crippen molar-refractivity contribution in [1.29, 1.82) is 0 Å². The van der Waals surface area contributed by atoms with Gasteiger partial charge in [0, 0.05) is 12.1 Å². The maximum atomic E-state index is 13.4. The number of carbonyl (C=O) groups is 2. The minimum Gasteiger partial charge on any atom is -0.507 e. The van der Waals surface area contributed by atoms with Gasteiger partial charge >= 0.3 is 0 Å². The molecule has 1 saturated heterocycles. The Balaban J connectivity index is 1.65. The van der Waals surface area contributed by atoms with Crippen molar-refractivity contribution in [3.05, 3.63) is 94.6 Å². The van der Waals surface area contributed by atoms with Crippen LogP contribution in [0.5, 0.6) is 17.2 Å². The molecule has 42 heavy (non-hydrogen) atoms. The highest BCUT2D eigenvalue weighted by Crippen LogP contribution is 2.42. The van der Waals surface area contributed by atoms with Gasteiger partial charge < -0.3 is 29.5 Å². The zero-order valence-electron chi connectivity index (χ0n) is 24.8. The molecule has 2 N–H and O–H groups in total. The molecule has 0 spiro atoms. The van der Waals surface area contributed by atoms with E-state index in [9.17, 15) is 19.8 Å². The molecule has 1 aliphatic rings. The zero-order valence-corrected chi connectivity index (χ0v) is 24.8. The second-order valence-electron chi connectivity index (χ2n) is 10.3. The molecule has 0 aliphatic carbocycles. The van der Waals surface area contributed by atoms with Crippen LogP contribution in [-0.2, 0) is 16.2 Å². The Hall–Kier alpha value is -4.30. The van der Waals surface area contributed by atoms with Crippen molar-refractivity contribution in [3.8, 4) is 17.2 Å². The molecule has 1 unspecified atom stereocenters. The first kappa shape index (κ1) is 30.7. The van der Waals surface area contributed by atoms with E-state index in [0.29, 0.717) is 43.1 Å². The molecule has 0 saturated carbocycles. The minimum absolute atomic E-state index is 0.00398. The van der Waals surface area contributed by atoms with Crippen LogP contribution < -0.4 is 9.47 Å². The number of aromatic hydroxyl groups is 1. The summed E-state index contributed by atoms with van der Waals surface area (Å²) in [6, 6.07) is 18.8. The van der Waals surface area contributed by atoms with Crippen LogP contribution in [0.2, 0.25) is 0 Å². The van der Waals surface area contributed by atoms with E-state index in [-0.39, 0.29) is 22.8 Å². The fraction of sp³-hybridized carbons (Fsp3) is 0.353. The van der Waals surface area contributed by atoms with Gasteiger partial charge in [0.25, 0.3) is 11.7 Å². The molecule has 222 valence electrons. The van der Waals surface area contributed by atoms with Crippen LogP contribution in [0.15, 0.2) is 72.3 Å². The van der Waals surface area contributed by atoms with Gasteiger partial charge in [-0.05, 0) is 87.4 Å². The number of carbonyl (C=O) groups excluding carboxylic acids is 2. The average molecular weight is 573 g/mol. The molecule has 4 rings (SSSR count). The minimum atomic E-state index is -0.834. The summed E-state index contributed by atoms with van der Waals surface area (Å²) in [4.78, 5) is 30.5. The largest absolute Gasteiger partial charge is 0.507 e. The van der Waals surface area contributed by atoms with E-state index in [4.69, 9.17) is 9.47 Å². The van der Waals surface area contributed by atoms with Crippen LogP contribution in [0.1, 0.15) is 55.5 Å². The third-order valence-electron chi connectivity index (χ3n) is 7.56. The third-order valence-corrected chi connectivity index (χ3v) is 7.56. The summed E-state index contributed by atoms with van der Waals surface area (Å²) < 4.78 is 11.5. The standard InChI is InChI=1S/C34H40N2O6/c1-5-35(6-2)19-8-20-36-31(26-15-18-28(37)29(21-26)41-7-3)30(33(39)34(36)40)32(38)25-13-16-27(17-14-25)42-22-24-11-9-23(4)10-12-24/h9-18,21,31,37-38H,5-8,19-20,22H2,1-4H3/b32-30+. The van der Waals surface area contributed by atoms with Crippen LogP contribution in [-0.4, -0.2) is 64.5 Å². The Morgan fingerprint density at radius 3 is 2.26 bits per heavy atom. The van der Waals surface area contributed by atoms with E-state index in [1.54, 1.807) is 43.3 Å². The molecule has 1 amide bonds. The predicted molar refractivity (Wildman–Crippen MR) is 163 cm³/mol. The van der Waals surface area contributed by atoms with Crippen molar-refractivity contribution < 1.29 is 29.3 Å². The first-order valence-electron chi connectivity index (χ1n) is 14.5. The number of Topliss-reactive ketones (excluding diaryl/α,β-unsaturated/α-hetero) is 1. The first-order chi connectivity index (χ1) is 20.3. The number of phenols is 1. The Morgan fingerprint density at radius 2 is 1.62 bits per heavy atom. The summed E-state index contributed by atoms with van der Waals surface area (Å²) in [5.74, 6) is -0.850. The highest BCUT2D eigenvalue weighted by atomic mass is 16.5. The number of rotatable bonds is 13. The zero-order chi connectivity index (χ0) is 30.2. The summed E-state index contributed by atoms with van der Waals surface area (Å²) in [5, 5.41) is 21.7. The van der Waals surface area contributed by atoms with Crippen molar-refractivity contribution in [2.75, 3.05) is 32.8 Å². The van der Waals surface area contributed by atoms with Gasteiger partial charge in [-0.3, -0.25) is 9.59 Å². The predicted octanol–water partition coefficient (Wildman–Crippen LogP) is 5.83. The summed E-state index contributed by atoms with van der Waals surface area (Å²) in [5.41, 5.74) is 3.18. The first-order valence-corrected chi connectivity index (χ1v) is 14.5. The van der Waals surface area contributed by atoms with Crippen molar-refractivity contribution in [1.82, 2.24) is 9.80 Å². The molecule has 0 bridgehead atoms. The lowest BCUT2D eigenvalue weighted by atomic mass is 9.95. The van der Waals surface area contributed by atoms with Gasteiger partial charge in [0.1, 0.15) is 18.1 Å². The lowest BCUT2D eigenvalue weighted by molar-refractivity contribution is -0.140. The van der Waals surface area contributed by atoms with Gasteiger partial charge in [-0.25, -0.2) is 0 Å². The average Bonchev–Trinajstić information content (AvgIpc) is 3.25. The van der Waals surface area contributed by atoms with E-state index in [1.165, 1.54) is 16.5 Å². The maximum absolute atomic E-state index is 13.4. The number of ether oxygens (including phenoxy) is 2. The van der Waals surface area contributed by atoms with E-state index in [0.717, 1.165) is 25.2 Å². The van der Waals surface area contributed by atoms with Crippen LogP contribution in [0.3, 0.4) is 0 Å². The lowest BCUT2D eigenvalue weighted by Gasteiger charge is -2.27. The number of aryl methyl sites for hydroxylation is 1. The maximum Gasteiger partial charge on any atom is 0.295 e. The molecule has 0 radical (unpaired) electrons. The van der Waals surface area contributed by atoms with Gasteiger partial charge in [-0.2, -0.15) is 0 Å². The summed E-state index contributed by atoms with van der Waals surface area (Å²) in [6.45, 7) is 11.6. The Kier molecular flexibility index (Phi) is 10.3. The number of amides is 1. The number of hydrogen-bond acceptors (Lipinski definition) is 7. The van der Waals surface area contributed by atoms with Gasteiger partial charge in [-0.15, -0.1) is 0 Å². The van der Waals surface area contributed by atoms with Gasteiger partial charge in [0.15, 0.2) is 11.5 Å². The van der Waals surface area contributed by atoms with Gasteiger partial charge in [-0.1, -0.05) is 49.7 Å². The fourth-order valence-corrected chi connectivity index (χ4v) is 5.15. The second kappa shape index (κ2) is 14.0. The fourth-order valence-electron chi connectivity index (χ4n) is 5.15. The second-order valence-corrected chi connectivity index (χ2v) is 10.3. The molecular weight excluding hydrogens is 532 g/mol. The van der Waals surface area contributed by atoms with E-state index < -0.39 is 17.7 Å². The number of nitrogens with zero attached hydrogens (tertiary/aromatic N) is 2. The number of hydrogen-bond donors (Lipinski definition) is 2. The molecule has 1 atom stereocenters. The van der Waals surface area contributed by atoms with Gasteiger partial charge in [0.05, 0.1) is 18.2 Å². The number of aliphatic hydroxyl groups is 1. The summed E-state index contributed by atoms with van der Waals surface area (Å²) in [6.07, 6.45) is 0.661. The normalized spacial score (nSPS) is 16.3. The number of likely N-dealkylation sites (tertiary alicyclic amines) is 1. The smallest absolute Gasteiger partial charge is 0.295 e. The summed E-state index contributed by atoms with van der Waals surface area (Å²) >= 11 is 0. The Bertz CT molecular complexity index is 1410. The number of aliphatic hydroxyl groups excluding tert-OH is 1. The Labute approximate surface area is 247 Å². The van der Waals surface area contributed by atoms with E-state index in [2.05, 4.69) is 18.7 Å². The molecule has 1 heterocycles. The van der Waals surface area contributed by atoms with E-state index in [1.807, 2.05) is 31.2 Å². The highest BCUT2D eigenvalue weighted by Gasteiger charge is 2.46. The quantitative estimate of drug-likeness (QED) is 0.151. The van der Waals surface area contributed by atoms with Crippen molar-refractivity contribution >= 4 is 17.4 Å². The SMILES string of the molecule is CCOc1cc(C2/C(=C(\O)c3ccc(OCc4ccc(C)cc4)cc3)C(=O)C(=O)N2CCCN(CC)CC)ccc1O. The molecule has 1 fully saturated rings. The molecule has 3 aromatic carbocycles.